The first-order valence-electron chi connectivity index (χ1n) is 42.7. The van der Waals surface area contributed by atoms with Gasteiger partial charge in [0.15, 0.2) is 0 Å². The van der Waals surface area contributed by atoms with E-state index in [1.54, 1.807) is 60.9 Å². The molecule has 9 rings (SSSR count). The molecule has 41 nitrogen and oxygen atoms in total. The van der Waals surface area contributed by atoms with Gasteiger partial charge in [0, 0.05) is 99.5 Å². The number of carbonyl (C=O) groups is 18. The standard InChI is InChI=1S/C85H116N20O21S/c1-6-8-21-63-77(118)92-46(3)72(113)100-62(73(114)91-43-68(88)107)44-127-45-69(108)93-57(35-47-26-28-50(106)29-27-47)82(123)103-32-15-24-65(103)79(120)98-60(39-71(111)112)84(125)105-34-16-25-66(105)80(121)99-61(40-87)76(117)97-59(38-70(109)110)83(124)104-33-14-23-64(104)78(119)95-56(36-48-41-89-53-19-12-10-17-51(48)53)75(116)94-55(30-31-86)74(115)96-58(37-49-42-90-54-20-13-11-18-52(49)54)81(122)102(5)67(22-9-7-2)85(126)101(63)4/h10-13,17-20,26-29,41-42,46,55-67,89-90,106H,6-9,14-16,21-25,30-40,43-45,86-87H2,1-5H3,(H2,88,107)(H,91,114)(H,92,118)(H,93,108)(H,94,116)(H,95,119)(H,96,115)(H,97,117)(H,98,120)(H,99,121)(H,100,113)(H,109,110)(H,111,112). The number of carbonyl (C=O) groups excluding carboxylic acids is 16. The number of aromatic hydroxyl groups is 1. The zero-order valence-electron chi connectivity index (χ0n) is 71.6. The fourth-order valence-electron chi connectivity index (χ4n) is 16.3. The van der Waals surface area contributed by atoms with E-state index in [0.717, 1.165) is 26.5 Å². The molecule has 0 saturated carbocycles. The molecule has 127 heavy (non-hydrogen) atoms. The maximum absolute atomic E-state index is 15.7. The van der Waals surface area contributed by atoms with Crippen molar-refractivity contribution in [1.29, 1.82) is 0 Å². The number of fused-ring (bicyclic) bond motifs is 5. The van der Waals surface area contributed by atoms with E-state index in [1.807, 2.05) is 13.8 Å². The van der Waals surface area contributed by atoms with Crippen molar-refractivity contribution in [3.05, 3.63) is 102 Å². The van der Waals surface area contributed by atoms with Crippen molar-refractivity contribution >= 4 is 140 Å². The maximum Gasteiger partial charge on any atom is 0.305 e. The highest BCUT2D eigenvalue weighted by atomic mass is 32.2. The molecule has 4 aliphatic rings. The topological polar surface area (TPSA) is 614 Å². The van der Waals surface area contributed by atoms with Crippen LogP contribution in [0.4, 0.5) is 0 Å². The number of hydrogen-bond donors (Lipinski definition) is 18. The molecule has 3 aromatic carbocycles. The largest absolute Gasteiger partial charge is 0.508 e. The number of amides is 16. The molecule has 0 spiro atoms. The molecule has 0 radical (unpaired) electrons. The number of carboxylic acids is 2. The van der Waals surface area contributed by atoms with Crippen LogP contribution in [0.3, 0.4) is 0 Å². The number of carboxylic acid groups (broad SMARTS) is 2. The number of aromatic amines is 2. The van der Waals surface area contributed by atoms with E-state index in [4.69, 9.17) is 17.2 Å². The minimum absolute atomic E-state index is 0.0303. The quantitative estimate of drug-likeness (QED) is 0.0337. The number of thioether (sulfide) groups is 1. The van der Waals surface area contributed by atoms with Crippen LogP contribution in [0.5, 0.6) is 5.75 Å². The molecule has 0 bridgehead atoms. The third-order valence-electron chi connectivity index (χ3n) is 23.1. The van der Waals surface area contributed by atoms with Crippen LogP contribution >= 0.6 is 11.8 Å². The number of aliphatic carboxylic acids is 2. The van der Waals surface area contributed by atoms with Gasteiger partial charge < -0.3 is 120 Å². The minimum Gasteiger partial charge on any atom is -0.508 e. The highest BCUT2D eigenvalue weighted by Gasteiger charge is 2.47. The summed E-state index contributed by atoms with van der Waals surface area (Å²) in [6.45, 7) is 2.96. The van der Waals surface area contributed by atoms with E-state index in [-0.39, 0.29) is 109 Å². The predicted octanol–water partition coefficient (Wildman–Crippen LogP) is -2.62. The lowest BCUT2D eigenvalue weighted by atomic mass is 10.00. The molecule has 4 aliphatic heterocycles. The number of primary amides is 1. The molecule has 14 unspecified atom stereocenters. The Bertz CT molecular complexity index is 4850. The van der Waals surface area contributed by atoms with E-state index >= 15 is 24.0 Å². The predicted molar refractivity (Wildman–Crippen MR) is 462 cm³/mol. The Morgan fingerprint density at radius 2 is 0.921 bits per heavy atom. The second kappa shape index (κ2) is 46.5. The summed E-state index contributed by atoms with van der Waals surface area (Å²) >= 11 is 0.784. The lowest BCUT2D eigenvalue weighted by Gasteiger charge is -2.36. The van der Waals surface area contributed by atoms with Gasteiger partial charge in [-0.05, 0) is 112 Å². The van der Waals surface area contributed by atoms with E-state index < -0.39 is 228 Å². The van der Waals surface area contributed by atoms with Crippen LogP contribution in [-0.4, -0.2) is 306 Å². The Morgan fingerprint density at radius 1 is 0.480 bits per heavy atom. The van der Waals surface area contributed by atoms with E-state index in [2.05, 4.69) is 63.1 Å². The minimum atomic E-state index is -1.94. The Hall–Kier alpha value is -12.7. The summed E-state index contributed by atoms with van der Waals surface area (Å²) in [6, 6.07) is -1.80. The van der Waals surface area contributed by atoms with Crippen LogP contribution in [0.1, 0.15) is 134 Å². The third-order valence-corrected chi connectivity index (χ3v) is 24.2. The molecular formula is C85H116N20O21S. The molecule has 4 fully saturated rings. The lowest BCUT2D eigenvalue weighted by molar-refractivity contribution is -0.149. The average Bonchev–Trinajstić information content (AvgIpc) is 1.71. The Kier molecular flexibility index (Phi) is 35.9. The smallest absolute Gasteiger partial charge is 0.305 e. The van der Waals surface area contributed by atoms with Crippen LogP contribution in [0.15, 0.2) is 85.2 Å². The number of phenolic OH excluding ortho intramolecular Hbond substituents is 1. The van der Waals surface area contributed by atoms with Gasteiger partial charge in [-0.15, -0.1) is 11.8 Å². The normalized spacial score (nSPS) is 25.4. The highest BCUT2D eigenvalue weighted by Crippen LogP contribution is 2.28. The van der Waals surface area contributed by atoms with Crippen LogP contribution in [-0.2, 0) is 106 Å². The molecule has 16 amide bonds. The number of nitrogens with one attached hydrogen (secondary N) is 12. The van der Waals surface area contributed by atoms with Crippen molar-refractivity contribution in [2.24, 2.45) is 17.2 Å². The number of H-pyrrole nitrogens is 2. The number of unbranched alkanes of at least 4 members (excludes halogenated alkanes) is 2. The van der Waals surface area contributed by atoms with Gasteiger partial charge in [0.1, 0.15) is 90.3 Å². The van der Waals surface area contributed by atoms with E-state index in [9.17, 15) is 77.6 Å². The van der Waals surface area contributed by atoms with Gasteiger partial charge in [-0.1, -0.05) is 88.1 Å². The van der Waals surface area contributed by atoms with E-state index in [0.29, 0.717) is 64.2 Å². The van der Waals surface area contributed by atoms with Gasteiger partial charge >= 0.3 is 11.9 Å². The molecule has 0 aliphatic carbocycles. The van der Waals surface area contributed by atoms with Crippen LogP contribution in [0, 0.1) is 0 Å². The Labute approximate surface area is 736 Å². The number of phenols is 1. The monoisotopic (exact) mass is 1780 g/mol. The zero-order chi connectivity index (χ0) is 92.5. The Balaban J connectivity index is 1.06. The number of benzene rings is 3. The molecule has 2 aromatic heterocycles. The number of aromatic nitrogens is 2. The molecule has 5 aromatic rings. The van der Waals surface area contributed by atoms with Crippen LogP contribution < -0.4 is 70.4 Å². The second-order valence-corrected chi connectivity index (χ2v) is 33.3. The van der Waals surface area contributed by atoms with Crippen LogP contribution in [0.2, 0.25) is 0 Å². The van der Waals surface area contributed by atoms with Gasteiger partial charge in [-0.3, -0.25) is 86.3 Å². The van der Waals surface area contributed by atoms with Crippen molar-refractivity contribution in [3.63, 3.8) is 0 Å². The van der Waals surface area contributed by atoms with Crippen molar-refractivity contribution in [3.8, 4) is 5.75 Å². The molecule has 21 N–H and O–H groups in total. The fraction of sp³-hybridized carbons (Fsp3) is 0.529. The highest BCUT2D eigenvalue weighted by molar-refractivity contribution is 8.00. The summed E-state index contributed by atoms with van der Waals surface area (Å²) in [6.07, 6.45) is 2.36. The maximum atomic E-state index is 15.7. The molecule has 14 atom stereocenters. The van der Waals surface area contributed by atoms with Gasteiger partial charge in [0.25, 0.3) is 0 Å². The summed E-state index contributed by atoms with van der Waals surface area (Å²) in [4.78, 5) is 271. The number of para-hydroxylation sites is 2. The number of hydrogen-bond acceptors (Lipinski definition) is 22. The third kappa shape index (κ3) is 26.2. The summed E-state index contributed by atoms with van der Waals surface area (Å²) in [5.74, 6) is -19.1. The summed E-state index contributed by atoms with van der Waals surface area (Å²) in [5, 5.41) is 57.8. The SMILES string of the molecule is CCCCC1C(=O)N(C)C(CCCC)C(=O)NC(C)C(=O)NC(C(=O)NCC(N)=O)CSCC(=O)NC(Cc2ccc(O)cc2)C(=O)N2CCCC2C(=O)NC(CC(=O)O)C(=O)N2CCCC2C(=O)NC(CN)C(=O)NC(CC(=O)O)C(=O)N2CCCC2C(=O)NC(Cc2c[nH]c3ccccc23)C(=O)NC(CCN)C(=O)NC(Cc2c[nH]c3ccccc23)C(=O)N1C. The zero-order valence-corrected chi connectivity index (χ0v) is 72.4. The fourth-order valence-corrected chi connectivity index (χ4v) is 17.1. The molecule has 688 valence electrons. The van der Waals surface area contributed by atoms with Gasteiger partial charge in [-0.2, -0.15) is 0 Å². The summed E-state index contributed by atoms with van der Waals surface area (Å²) in [5.41, 5.74) is 20.5. The van der Waals surface area contributed by atoms with Crippen molar-refractivity contribution in [2.75, 3.05) is 64.9 Å². The first-order chi connectivity index (χ1) is 60.6. The second-order valence-electron chi connectivity index (χ2n) is 32.3. The van der Waals surface area contributed by atoms with Crippen molar-refractivity contribution < 1.29 is 102 Å². The van der Waals surface area contributed by atoms with Crippen LogP contribution in [0.25, 0.3) is 21.8 Å². The average molecular weight is 1790 g/mol. The first-order valence-corrected chi connectivity index (χ1v) is 43.8. The Morgan fingerprint density at radius 3 is 1.43 bits per heavy atom. The summed E-state index contributed by atoms with van der Waals surface area (Å²) in [7, 11) is 2.74. The summed E-state index contributed by atoms with van der Waals surface area (Å²) < 4.78 is 0. The van der Waals surface area contributed by atoms with E-state index in [1.165, 1.54) is 55.1 Å². The first kappa shape index (κ1) is 98.1. The van der Waals surface area contributed by atoms with Gasteiger partial charge in [-0.25, -0.2) is 0 Å². The van der Waals surface area contributed by atoms with Crippen molar-refractivity contribution in [2.45, 2.75) is 221 Å². The number of nitrogens with zero attached hydrogens (tertiary/aromatic N) is 5. The molecule has 4 saturated heterocycles. The molecule has 6 heterocycles. The van der Waals surface area contributed by atoms with Crippen molar-refractivity contribution in [1.82, 2.24) is 87.6 Å². The number of rotatable bonds is 22. The lowest BCUT2D eigenvalue weighted by Crippen LogP contribution is -2.62. The van der Waals surface area contributed by atoms with Gasteiger partial charge in [0.2, 0.25) is 94.5 Å². The number of likely N-dealkylation sites (N-methyl/N-ethyl adjacent to an activating group) is 2. The molecule has 42 heteroatoms. The van der Waals surface area contributed by atoms with Gasteiger partial charge in [0.05, 0.1) is 25.1 Å². The number of nitrogens with two attached hydrogens (primary N) is 3. The molecular weight excluding hydrogens is 1670 g/mol.